The Hall–Kier alpha value is -2.29. The minimum atomic E-state index is 0.0720. The van der Waals surface area contributed by atoms with E-state index in [2.05, 4.69) is 0 Å². The molecule has 1 aliphatic carbocycles. The van der Waals surface area contributed by atoms with Gasteiger partial charge in [0.25, 0.3) is 0 Å². The van der Waals surface area contributed by atoms with E-state index < -0.39 is 0 Å². The summed E-state index contributed by atoms with van der Waals surface area (Å²) in [7, 11) is 1.66. The lowest BCUT2D eigenvalue weighted by Gasteiger charge is -2.17. The molecule has 0 heterocycles. The van der Waals surface area contributed by atoms with E-state index in [1.807, 2.05) is 42.5 Å². The van der Waals surface area contributed by atoms with E-state index in [-0.39, 0.29) is 11.9 Å². The lowest BCUT2D eigenvalue weighted by molar-refractivity contribution is 0.101. The highest BCUT2D eigenvalue weighted by Gasteiger charge is 2.19. The van der Waals surface area contributed by atoms with Crippen molar-refractivity contribution < 1.29 is 14.3 Å². The largest absolute Gasteiger partial charge is 0.493 e. The van der Waals surface area contributed by atoms with Gasteiger partial charge in [0.2, 0.25) is 0 Å². The van der Waals surface area contributed by atoms with Gasteiger partial charge in [-0.2, -0.15) is 0 Å². The maximum atomic E-state index is 11.6. The van der Waals surface area contributed by atoms with Gasteiger partial charge in [0.15, 0.2) is 17.3 Å². The van der Waals surface area contributed by atoms with E-state index in [1.54, 1.807) is 14.0 Å². The fourth-order valence-electron chi connectivity index (χ4n) is 3.05. The molecule has 120 valence electrons. The zero-order valence-corrected chi connectivity index (χ0v) is 13.7. The van der Waals surface area contributed by atoms with Crippen LogP contribution in [0.3, 0.4) is 0 Å². The molecule has 0 N–H and O–H groups in total. The Balaban J connectivity index is 1.93. The van der Waals surface area contributed by atoms with Crippen LogP contribution in [0.2, 0.25) is 0 Å². The first kappa shape index (κ1) is 15.6. The predicted octanol–water partition coefficient (Wildman–Crippen LogP) is 4.89. The van der Waals surface area contributed by atoms with Crippen molar-refractivity contribution in [1.29, 1.82) is 0 Å². The second-order valence-corrected chi connectivity index (χ2v) is 6.03. The summed E-state index contributed by atoms with van der Waals surface area (Å²) in [6, 6.07) is 13.6. The second-order valence-electron chi connectivity index (χ2n) is 6.03. The van der Waals surface area contributed by atoms with E-state index in [0.717, 1.165) is 41.0 Å². The number of hydrogen-bond donors (Lipinski definition) is 0. The maximum Gasteiger partial charge on any atom is 0.162 e. The van der Waals surface area contributed by atoms with E-state index in [4.69, 9.17) is 9.47 Å². The average Bonchev–Trinajstić information content (AvgIpc) is 3.08. The van der Waals surface area contributed by atoms with Gasteiger partial charge >= 0.3 is 0 Å². The number of ketones is 1. The standard InChI is InChI=1S/C20H22O3/c1-14(21)15-6-5-7-16(12-15)17-10-11-19(22-2)20(13-17)23-18-8-3-4-9-18/h5-7,10-13,18H,3-4,8-9H2,1-2H3. The van der Waals surface area contributed by atoms with Crippen LogP contribution in [0.4, 0.5) is 0 Å². The molecule has 1 fully saturated rings. The lowest BCUT2D eigenvalue weighted by Crippen LogP contribution is -2.11. The summed E-state index contributed by atoms with van der Waals surface area (Å²) in [6.07, 6.45) is 4.95. The van der Waals surface area contributed by atoms with Gasteiger partial charge in [0.05, 0.1) is 13.2 Å². The molecule has 0 unspecified atom stereocenters. The number of rotatable bonds is 5. The van der Waals surface area contributed by atoms with Crippen LogP contribution >= 0.6 is 0 Å². The van der Waals surface area contributed by atoms with Crippen LogP contribution in [0.25, 0.3) is 11.1 Å². The van der Waals surface area contributed by atoms with Crippen LogP contribution in [0.5, 0.6) is 11.5 Å². The molecule has 1 saturated carbocycles. The molecule has 1 aliphatic rings. The van der Waals surface area contributed by atoms with Crippen LogP contribution in [-0.2, 0) is 0 Å². The summed E-state index contributed by atoms with van der Waals surface area (Å²) < 4.78 is 11.6. The molecule has 3 rings (SSSR count). The zero-order chi connectivity index (χ0) is 16.2. The third kappa shape index (κ3) is 3.55. The summed E-state index contributed by atoms with van der Waals surface area (Å²) >= 11 is 0. The lowest BCUT2D eigenvalue weighted by atomic mass is 10.0. The normalized spacial score (nSPS) is 14.7. The van der Waals surface area contributed by atoms with E-state index in [1.165, 1.54) is 12.8 Å². The molecule has 0 spiro atoms. The molecule has 23 heavy (non-hydrogen) atoms. The second kappa shape index (κ2) is 6.86. The number of Topliss-reactive ketones (excluding diaryl/α,β-unsaturated/α-hetero) is 1. The Labute approximate surface area is 137 Å². The molecule has 0 bridgehead atoms. The van der Waals surface area contributed by atoms with Gasteiger partial charge in [0.1, 0.15) is 0 Å². The smallest absolute Gasteiger partial charge is 0.162 e. The number of hydrogen-bond acceptors (Lipinski definition) is 3. The van der Waals surface area contributed by atoms with Gasteiger partial charge in [-0.05, 0) is 61.9 Å². The Bertz CT molecular complexity index is 700. The fraction of sp³-hybridized carbons (Fsp3) is 0.350. The van der Waals surface area contributed by atoms with Crippen molar-refractivity contribution in [3.05, 3.63) is 48.0 Å². The van der Waals surface area contributed by atoms with Crippen molar-refractivity contribution in [3.63, 3.8) is 0 Å². The topological polar surface area (TPSA) is 35.5 Å². The van der Waals surface area contributed by atoms with Crippen molar-refractivity contribution in [2.75, 3.05) is 7.11 Å². The Morgan fingerprint density at radius 3 is 2.43 bits per heavy atom. The number of carbonyl (C=O) groups excluding carboxylic acids is 1. The van der Waals surface area contributed by atoms with Crippen molar-refractivity contribution in [3.8, 4) is 22.6 Å². The summed E-state index contributed by atoms with van der Waals surface area (Å²) in [5.74, 6) is 1.61. The Morgan fingerprint density at radius 2 is 1.74 bits per heavy atom. The molecule has 0 aliphatic heterocycles. The summed E-state index contributed by atoms with van der Waals surface area (Å²) in [5, 5.41) is 0. The van der Waals surface area contributed by atoms with E-state index >= 15 is 0 Å². The average molecular weight is 310 g/mol. The summed E-state index contributed by atoms with van der Waals surface area (Å²) in [5.41, 5.74) is 2.76. The number of benzene rings is 2. The molecule has 0 amide bonds. The van der Waals surface area contributed by atoms with Gasteiger partial charge in [-0.1, -0.05) is 24.3 Å². The molecule has 2 aromatic rings. The first-order chi connectivity index (χ1) is 11.2. The minimum absolute atomic E-state index is 0.0720. The van der Waals surface area contributed by atoms with E-state index in [9.17, 15) is 4.79 Å². The SMILES string of the molecule is COc1ccc(-c2cccc(C(C)=O)c2)cc1OC1CCCC1. The van der Waals surface area contributed by atoms with Crippen molar-refractivity contribution in [1.82, 2.24) is 0 Å². The van der Waals surface area contributed by atoms with Crippen LogP contribution in [-0.4, -0.2) is 19.0 Å². The van der Waals surface area contributed by atoms with Gasteiger partial charge in [-0.3, -0.25) is 4.79 Å². The third-order valence-corrected chi connectivity index (χ3v) is 4.36. The van der Waals surface area contributed by atoms with Gasteiger partial charge in [-0.15, -0.1) is 0 Å². The molecule has 3 heteroatoms. The molecule has 2 aromatic carbocycles. The summed E-state index contributed by atoms with van der Waals surface area (Å²) in [4.78, 5) is 11.6. The quantitative estimate of drug-likeness (QED) is 0.738. The first-order valence-electron chi connectivity index (χ1n) is 8.13. The number of ether oxygens (including phenoxy) is 2. The molecule has 0 aromatic heterocycles. The van der Waals surface area contributed by atoms with Crippen molar-refractivity contribution in [2.45, 2.75) is 38.7 Å². The summed E-state index contributed by atoms with van der Waals surface area (Å²) in [6.45, 7) is 1.59. The zero-order valence-electron chi connectivity index (χ0n) is 13.7. The van der Waals surface area contributed by atoms with Crippen molar-refractivity contribution >= 4 is 5.78 Å². The van der Waals surface area contributed by atoms with Crippen LogP contribution in [0, 0.1) is 0 Å². The molecular weight excluding hydrogens is 288 g/mol. The van der Waals surface area contributed by atoms with Gasteiger partial charge in [0, 0.05) is 5.56 Å². The third-order valence-electron chi connectivity index (χ3n) is 4.36. The maximum absolute atomic E-state index is 11.6. The van der Waals surface area contributed by atoms with E-state index in [0.29, 0.717) is 0 Å². The molecule has 3 nitrogen and oxygen atoms in total. The monoisotopic (exact) mass is 310 g/mol. The van der Waals surface area contributed by atoms with Gasteiger partial charge < -0.3 is 9.47 Å². The molecule has 0 radical (unpaired) electrons. The Kier molecular flexibility index (Phi) is 4.65. The molecule has 0 atom stereocenters. The highest BCUT2D eigenvalue weighted by Crippen LogP contribution is 2.35. The highest BCUT2D eigenvalue weighted by molar-refractivity contribution is 5.95. The number of methoxy groups -OCH3 is 1. The minimum Gasteiger partial charge on any atom is -0.493 e. The molecular formula is C20H22O3. The fourth-order valence-corrected chi connectivity index (χ4v) is 3.05. The van der Waals surface area contributed by atoms with Gasteiger partial charge in [-0.25, -0.2) is 0 Å². The predicted molar refractivity (Wildman–Crippen MR) is 91.3 cm³/mol. The number of carbonyl (C=O) groups is 1. The van der Waals surface area contributed by atoms with Crippen molar-refractivity contribution in [2.24, 2.45) is 0 Å². The van der Waals surface area contributed by atoms with Crippen LogP contribution in [0.15, 0.2) is 42.5 Å². The Morgan fingerprint density at radius 1 is 1.00 bits per heavy atom. The highest BCUT2D eigenvalue weighted by atomic mass is 16.5. The van der Waals surface area contributed by atoms with Crippen LogP contribution in [0.1, 0.15) is 43.0 Å². The van der Waals surface area contributed by atoms with Crippen LogP contribution < -0.4 is 9.47 Å². The first-order valence-corrected chi connectivity index (χ1v) is 8.13. The molecule has 0 saturated heterocycles.